The molecule has 7 heteroatoms. The van der Waals surface area contributed by atoms with Crippen LogP contribution in [-0.4, -0.2) is 16.0 Å². The molecule has 2 heterocycles. The lowest BCUT2D eigenvalue weighted by atomic mass is 10.4. The Morgan fingerprint density at radius 1 is 1.24 bits per heavy atom. The van der Waals surface area contributed by atoms with Crippen molar-refractivity contribution in [1.82, 2.24) is 15.5 Å². The Kier molecular flexibility index (Phi) is 4.32. The Morgan fingerprint density at radius 2 is 2.10 bits per heavy atom. The summed E-state index contributed by atoms with van der Waals surface area (Å²) >= 11 is 2.85. The van der Waals surface area contributed by atoms with E-state index in [4.69, 9.17) is 4.52 Å². The zero-order chi connectivity index (χ0) is 14.5. The highest BCUT2D eigenvalue weighted by Crippen LogP contribution is 2.31. The summed E-state index contributed by atoms with van der Waals surface area (Å²) in [6.07, 6.45) is 1.26. The first-order chi connectivity index (χ1) is 10.3. The smallest absolute Gasteiger partial charge is 0.262 e. The molecule has 1 unspecified atom stereocenters. The van der Waals surface area contributed by atoms with Crippen molar-refractivity contribution in [2.75, 3.05) is 0 Å². The van der Waals surface area contributed by atoms with Gasteiger partial charge >= 0.3 is 0 Å². The number of carbonyl (C=O) groups excluding carboxylic acids is 1. The van der Waals surface area contributed by atoms with Gasteiger partial charge < -0.3 is 9.84 Å². The zero-order valence-electron chi connectivity index (χ0n) is 10.8. The number of hydrogen-bond donors (Lipinski definition) is 1. The predicted molar refractivity (Wildman–Crippen MR) is 81.1 cm³/mol. The summed E-state index contributed by atoms with van der Waals surface area (Å²) in [5, 5.41) is 8.21. The molecule has 21 heavy (non-hydrogen) atoms. The number of thiophene rings is 1. The second-order valence-electron chi connectivity index (χ2n) is 4.05. The van der Waals surface area contributed by atoms with E-state index in [9.17, 15) is 4.79 Å². The molecule has 1 aromatic carbocycles. The van der Waals surface area contributed by atoms with Crippen molar-refractivity contribution in [3.63, 3.8) is 0 Å². The molecule has 3 aromatic rings. The molecular formula is C14H11N3O2S2. The van der Waals surface area contributed by atoms with Gasteiger partial charge in [0.2, 0.25) is 12.2 Å². The molecule has 3 rings (SSSR count). The van der Waals surface area contributed by atoms with E-state index in [0.717, 1.165) is 4.90 Å². The molecule has 0 aliphatic carbocycles. The summed E-state index contributed by atoms with van der Waals surface area (Å²) in [5.74, 6) is 0.289. The third-order valence-corrected chi connectivity index (χ3v) is 4.59. The summed E-state index contributed by atoms with van der Waals surface area (Å²) in [7, 11) is 0. The second-order valence-corrected chi connectivity index (χ2v) is 6.18. The van der Waals surface area contributed by atoms with Gasteiger partial charge in [0, 0.05) is 4.90 Å². The standard InChI is InChI=1S/C14H11N3O2S2/c18-13(11-7-4-8-20-11)16-14(12-15-9-19-17-12)21-10-5-2-1-3-6-10/h1-9,14H,(H,16,18). The minimum Gasteiger partial charge on any atom is -0.343 e. The SMILES string of the molecule is O=C(NC(Sc1ccccc1)c1ncon1)c1cccs1. The van der Waals surface area contributed by atoms with E-state index < -0.39 is 5.37 Å². The third-order valence-electron chi connectivity index (χ3n) is 2.62. The van der Waals surface area contributed by atoms with Gasteiger partial charge in [0.05, 0.1) is 4.88 Å². The summed E-state index contributed by atoms with van der Waals surface area (Å²) in [4.78, 5) is 17.9. The number of carbonyl (C=O) groups is 1. The Labute approximate surface area is 129 Å². The fourth-order valence-corrected chi connectivity index (χ4v) is 3.26. The highest BCUT2D eigenvalue weighted by Gasteiger charge is 2.21. The van der Waals surface area contributed by atoms with Crippen LogP contribution in [0.4, 0.5) is 0 Å². The van der Waals surface area contributed by atoms with E-state index in [1.165, 1.54) is 29.5 Å². The van der Waals surface area contributed by atoms with Crippen LogP contribution in [0.3, 0.4) is 0 Å². The van der Waals surface area contributed by atoms with Gasteiger partial charge in [0.1, 0.15) is 5.37 Å². The summed E-state index contributed by atoms with van der Waals surface area (Å²) in [6, 6.07) is 13.4. The largest absolute Gasteiger partial charge is 0.343 e. The van der Waals surface area contributed by atoms with Gasteiger partial charge in [-0.2, -0.15) is 4.98 Å². The highest BCUT2D eigenvalue weighted by atomic mass is 32.2. The molecule has 0 fully saturated rings. The second kappa shape index (κ2) is 6.55. The minimum atomic E-state index is -0.402. The number of hydrogen-bond acceptors (Lipinski definition) is 6. The molecule has 0 radical (unpaired) electrons. The average molecular weight is 317 g/mol. The lowest BCUT2D eigenvalue weighted by Crippen LogP contribution is -2.26. The van der Waals surface area contributed by atoms with Crippen LogP contribution in [0.25, 0.3) is 0 Å². The first-order valence-electron chi connectivity index (χ1n) is 6.15. The first-order valence-corrected chi connectivity index (χ1v) is 7.91. The van der Waals surface area contributed by atoms with Crippen LogP contribution in [-0.2, 0) is 0 Å². The van der Waals surface area contributed by atoms with Gasteiger partial charge in [-0.15, -0.1) is 11.3 Å². The molecule has 106 valence electrons. The molecule has 1 amide bonds. The van der Waals surface area contributed by atoms with Crippen LogP contribution >= 0.6 is 23.1 Å². The van der Waals surface area contributed by atoms with Crippen LogP contribution < -0.4 is 5.32 Å². The first kappa shape index (κ1) is 13.8. The van der Waals surface area contributed by atoms with E-state index in [1.807, 2.05) is 41.8 Å². The van der Waals surface area contributed by atoms with E-state index in [2.05, 4.69) is 15.5 Å². The molecule has 5 nitrogen and oxygen atoms in total. The molecule has 0 aliphatic heterocycles. The van der Waals surface area contributed by atoms with Crippen molar-refractivity contribution in [1.29, 1.82) is 0 Å². The number of amides is 1. The molecule has 1 N–H and O–H groups in total. The molecule has 0 saturated carbocycles. The fraction of sp³-hybridized carbons (Fsp3) is 0.0714. The predicted octanol–water partition coefficient (Wildman–Crippen LogP) is 3.35. The number of nitrogens with zero attached hydrogens (tertiary/aromatic N) is 2. The maximum Gasteiger partial charge on any atom is 0.262 e. The summed E-state index contributed by atoms with van der Waals surface area (Å²) in [5.41, 5.74) is 0. The third kappa shape index (κ3) is 3.50. The Bertz CT molecular complexity index is 684. The lowest BCUT2D eigenvalue weighted by molar-refractivity contribution is 0.0952. The molecule has 2 aromatic heterocycles. The van der Waals surface area contributed by atoms with E-state index >= 15 is 0 Å². The quantitative estimate of drug-likeness (QED) is 0.577. The number of nitrogens with one attached hydrogen (secondary N) is 1. The number of benzene rings is 1. The van der Waals surface area contributed by atoms with Crippen LogP contribution in [0.2, 0.25) is 0 Å². The van der Waals surface area contributed by atoms with Gasteiger partial charge in [-0.1, -0.05) is 41.2 Å². The molecule has 0 aliphatic rings. The van der Waals surface area contributed by atoms with Crippen molar-refractivity contribution in [2.24, 2.45) is 0 Å². The van der Waals surface area contributed by atoms with Crippen LogP contribution in [0.5, 0.6) is 0 Å². The lowest BCUT2D eigenvalue weighted by Gasteiger charge is -2.14. The molecule has 0 saturated heterocycles. The number of thioether (sulfide) groups is 1. The van der Waals surface area contributed by atoms with Gasteiger partial charge in [-0.3, -0.25) is 4.79 Å². The maximum absolute atomic E-state index is 12.2. The Morgan fingerprint density at radius 3 is 2.76 bits per heavy atom. The summed E-state index contributed by atoms with van der Waals surface area (Å²) in [6.45, 7) is 0. The van der Waals surface area contributed by atoms with Crippen molar-refractivity contribution < 1.29 is 9.32 Å². The summed E-state index contributed by atoms with van der Waals surface area (Å²) < 4.78 is 4.78. The Hall–Kier alpha value is -2.12. The molecule has 1 atom stereocenters. The van der Waals surface area contributed by atoms with Crippen LogP contribution in [0, 0.1) is 0 Å². The molecule has 0 spiro atoms. The van der Waals surface area contributed by atoms with Gasteiger partial charge in [0.15, 0.2) is 0 Å². The molecule has 0 bridgehead atoms. The van der Waals surface area contributed by atoms with Gasteiger partial charge in [-0.25, -0.2) is 0 Å². The monoisotopic (exact) mass is 317 g/mol. The van der Waals surface area contributed by atoms with Crippen molar-refractivity contribution in [3.05, 3.63) is 64.9 Å². The van der Waals surface area contributed by atoms with Crippen LogP contribution in [0.1, 0.15) is 20.9 Å². The average Bonchev–Trinajstić information content (AvgIpc) is 3.21. The number of rotatable bonds is 5. The van der Waals surface area contributed by atoms with Crippen molar-refractivity contribution >= 4 is 29.0 Å². The topological polar surface area (TPSA) is 68.0 Å². The molecular weight excluding hydrogens is 306 g/mol. The van der Waals surface area contributed by atoms with Crippen LogP contribution in [0.15, 0.2) is 63.7 Å². The van der Waals surface area contributed by atoms with E-state index in [-0.39, 0.29) is 5.91 Å². The van der Waals surface area contributed by atoms with E-state index in [1.54, 1.807) is 6.07 Å². The van der Waals surface area contributed by atoms with Crippen molar-refractivity contribution in [3.8, 4) is 0 Å². The fourth-order valence-electron chi connectivity index (χ4n) is 1.67. The highest BCUT2D eigenvalue weighted by molar-refractivity contribution is 7.99. The zero-order valence-corrected chi connectivity index (χ0v) is 12.4. The maximum atomic E-state index is 12.2. The van der Waals surface area contributed by atoms with Gasteiger partial charge in [-0.05, 0) is 23.6 Å². The Balaban J connectivity index is 1.78. The van der Waals surface area contributed by atoms with Crippen molar-refractivity contribution in [2.45, 2.75) is 10.3 Å². The van der Waals surface area contributed by atoms with E-state index in [0.29, 0.717) is 10.7 Å². The van der Waals surface area contributed by atoms with Gasteiger partial charge in [0.25, 0.3) is 5.91 Å². The minimum absolute atomic E-state index is 0.150. The normalized spacial score (nSPS) is 12.0. The number of aromatic nitrogens is 2.